The van der Waals surface area contributed by atoms with Crippen LogP contribution in [0, 0.1) is 5.92 Å². The monoisotopic (exact) mass is 256 g/mol. The summed E-state index contributed by atoms with van der Waals surface area (Å²) in [4.78, 5) is 13.7. The van der Waals surface area contributed by atoms with Crippen LogP contribution in [0.3, 0.4) is 0 Å². The molecule has 1 aliphatic rings. The maximum absolute atomic E-state index is 11.9. The highest BCUT2D eigenvalue weighted by molar-refractivity contribution is 5.77. The fraction of sp³-hybridized carbons (Fsp3) is 0.929. The second-order valence-corrected chi connectivity index (χ2v) is 5.06. The lowest BCUT2D eigenvalue weighted by atomic mass is 10.0. The highest BCUT2D eigenvalue weighted by Gasteiger charge is 2.16. The molecule has 1 rings (SSSR count). The molecule has 1 saturated heterocycles. The molecule has 4 nitrogen and oxygen atoms in total. The molecule has 0 bridgehead atoms. The summed E-state index contributed by atoms with van der Waals surface area (Å²) < 4.78 is 5.59. The van der Waals surface area contributed by atoms with Crippen LogP contribution in [0.15, 0.2) is 0 Å². The van der Waals surface area contributed by atoms with Crippen molar-refractivity contribution in [2.24, 2.45) is 5.92 Å². The molecule has 4 heteroatoms. The Hall–Kier alpha value is -0.610. The molecule has 1 heterocycles. The number of carbonyl (C=O) groups is 1. The van der Waals surface area contributed by atoms with Gasteiger partial charge >= 0.3 is 0 Å². The summed E-state index contributed by atoms with van der Waals surface area (Å²) in [7, 11) is 0. The third-order valence-corrected chi connectivity index (χ3v) is 3.59. The Bertz CT molecular complexity index is 228. The van der Waals surface area contributed by atoms with Crippen molar-refractivity contribution in [2.45, 2.75) is 39.5 Å². The molecule has 0 aliphatic carbocycles. The third-order valence-electron chi connectivity index (χ3n) is 3.59. The van der Waals surface area contributed by atoms with E-state index < -0.39 is 0 Å². The highest BCUT2D eigenvalue weighted by Crippen LogP contribution is 2.12. The predicted octanol–water partition coefficient (Wildman–Crippen LogP) is 1.65. The zero-order valence-electron chi connectivity index (χ0n) is 11.9. The number of piperazine rings is 1. The van der Waals surface area contributed by atoms with Crippen molar-refractivity contribution in [3.63, 3.8) is 0 Å². The fourth-order valence-electron chi connectivity index (χ4n) is 2.22. The van der Waals surface area contributed by atoms with Crippen molar-refractivity contribution in [3.8, 4) is 0 Å². The van der Waals surface area contributed by atoms with Crippen molar-refractivity contribution in [2.75, 3.05) is 39.4 Å². The summed E-state index contributed by atoms with van der Waals surface area (Å²) in [5.41, 5.74) is 0. The maximum Gasteiger partial charge on any atom is 0.248 e. The zero-order chi connectivity index (χ0) is 13.2. The lowest BCUT2D eigenvalue weighted by Crippen LogP contribution is -2.47. The predicted molar refractivity (Wildman–Crippen MR) is 73.6 cm³/mol. The minimum absolute atomic E-state index is 0.141. The van der Waals surface area contributed by atoms with Gasteiger partial charge in [-0.25, -0.2) is 0 Å². The molecule has 0 aromatic rings. The molecule has 106 valence electrons. The topological polar surface area (TPSA) is 41.6 Å². The van der Waals surface area contributed by atoms with E-state index in [0.717, 1.165) is 39.2 Å². The lowest BCUT2D eigenvalue weighted by Gasteiger charge is -2.27. The molecular weight excluding hydrogens is 228 g/mol. The van der Waals surface area contributed by atoms with Crippen LogP contribution in [-0.4, -0.2) is 50.2 Å². The number of nitrogens with zero attached hydrogens (tertiary/aromatic N) is 1. The number of rotatable bonds is 8. The van der Waals surface area contributed by atoms with Crippen LogP contribution in [0.4, 0.5) is 0 Å². The van der Waals surface area contributed by atoms with E-state index in [1.54, 1.807) is 0 Å². The Labute approximate surface area is 111 Å². The molecular formula is C14H28N2O2. The Morgan fingerprint density at radius 1 is 1.33 bits per heavy atom. The van der Waals surface area contributed by atoms with Gasteiger partial charge in [-0.3, -0.25) is 4.79 Å². The Morgan fingerprint density at radius 2 is 2.06 bits per heavy atom. The summed E-state index contributed by atoms with van der Waals surface area (Å²) in [6.07, 6.45) is 4.85. The Morgan fingerprint density at radius 3 is 2.67 bits per heavy atom. The number of hydrogen-bond acceptors (Lipinski definition) is 3. The van der Waals surface area contributed by atoms with Crippen LogP contribution in [0.25, 0.3) is 0 Å². The van der Waals surface area contributed by atoms with Gasteiger partial charge in [0.15, 0.2) is 0 Å². The third kappa shape index (κ3) is 5.83. The second-order valence-electron chi connectivity index (χ2n) is 5.06. The van der Waals surface area contributed by atoms with Crippen LogP contribution >= 0.6 is 0 Å². The molecule has 1 fully saturated rings. The normalized spacial score (nSPS) is 17.8. The molecule has 1 amide bonds. The van der Waals surface area contributed by atoms with Crippen molar-refractivity contribution in [3.05, 3.63) is 0 Å². The van der Waals surface area contributed by atoms with Crippen LogP contribution in [0.2, 0.25) is 0 Å². The van der Waals surface area contributed by atoms with E-state index in [4.69, 9.17) is 4.74 Å². The number of ether oxygens (including phenoxy) is 1. The van der Waals surface area contributed by atoms with Crippen LogP contribution in [0.1, 0.15) is 39.5 Å². The number of hydrogen-bond donors (Lipinski definition) is 1. The number of amides is 1. The Balaban J connectivity index is 2.13. The fourth-order valence-corrected chi connectivity index (χ4v) is 2.22. The standard InChI is InChI=1S/C14H28N2O2/c1-3-5-6-13(4-2)11-18-12-14(17)16-9-7-15-8-10-16/h13,15H,3-12H2,1-2H3. The largest absolute Gasteiger partial charge is 0.371 e. The first-order chi connectivity index (χ1) is 8.77. The van der Waals surface area contributed by atoms with Crippen molar-refractivity contribution < 1.29 is 9.53 Å². The summed E-state index contributed by atoms with van der Waals surface area (Å²) >= 11 is 0. The highest BCUT2D eigenvalue weighted by atomic mass is 16.5. The van der Waals surface area contributed by atoms with Gasteiger partial charge < -0.3 is 15.0 Å². The van der Waals surface area contributed by atoms with E-state index in [2.05, 4.69) is 19.2 Å². The van der Waals surface area contributed by atoms with E-state index in [9.17, 15) is 4.79 Å². The molecule has 1 N–H and O–H groups in total. The summed E-state index contributed by atoms with van der Waals surface area (Å²) in [5.74, 6) is 0.752. The van der Waals surface area contributed by atoms with E-state index in [1.807, 2.05) is 4.90 Å². The van der Waals surface area contributed by atoms with E-state index in [-0.39, 0.29) is 12.5 Å². The molecule has 18 heavy (non-hydrogen) atoms. The second kappa shape index (κ2) is 9.34. The number of nitrogens with one attached hydrogen (secondary N) is 1. The van der Waals surface area contributed by atoms with Crippen LogP contribution < -0.4 is 5.32 Å². The average Bonchev–Trinajstić information content (AvgIpc) is 2.43. The van der Waals surface area contributed by atoms with Gasteiger partial charge in [0.25, 0.3) is 0 Å². The number of unbranched alkanes of at least 4 members (excludes halogenated alkanes) is 1. The smallest absolute Gasteiger partial charge is 0.248 e. The number of carbonyl (C=O) groups excluding carboxylic acids is 1. The van der Waals surface area contributed by atoms with Crippen molar-refractivity contribution in [1.82, 2.24) is 10.2 Å². The summed E-state index contributed by atoms with van der Waals surface area (Å²) in [5, 5.41) is 3.24. The van der Waals surface area contributed by atoms with Gasteiger partial charge in [-0.15, -0.1) is 0 Å². The van der Waals surface area contributed by atoms with Crippen LogP contribution in [0.5, 0.6) is 0 Å². The summed E-state index contributed by atoms with van der Waals surface area (Å²) in [6, 6.07) is 0. The summed E-state index contributed by atoms with van der Waals surface area (Å²) in [6.45, 7) is 8.82. The molecule has 0 saturated carbocycles. The molecule has 1 atom stereocenters. The van der Waals surface area contributed by atoms with Gasteiger partial charge in [-0.1, -0.05) is 33.1 Å². The van der Waals surface area contributed by atoms with E-state index in [0.29, 0.717) is 5.92 Å². The molecule has 0 aromatic heterocycles. The van der Waals surface area contributed by atoms with Gasteiger partial charge in [-0.2, -0.15) is 0 Å². The van der Waals surface area contributed by atoms with Gasteiger partial charge in [0.1, 0.15) is 6.61 Å². The molecule has 0 spiro atoms. The van der Waals surface area contributed by atoms with Crippen molar-refractivity contribution in [1.29, 1.82) is 0 Å². The first kappa shape index (κ1) is 15.4. The molecule has 0 radical (unpaired) electrons. The Kier molecular flexibility index (Phi) is 8.01. The minimum atomic E-state index is 0.141. The molecule has 1 unspecified atom stereocenters. The average molecular weight is 256 g/mol. The van der Waals surface area contributed by atoms with Crippen molar-refractivity contribution >= 4 is 5.91 Å². The SMILES string of the molecule is CCCCC(CC)COCC(=O)N1CCNCC1. The first-order valence-electron chi connectivity index (χ1n) is 7.34. The lowest BCUT2D eigenvalue weighted by molar-refractivity contribution is -0.137. The molecule has 1 aliphatic heterocycles. The van der Waals surface area contributed by atoms with E-state index >= 15 is 0 Å². The van der Waals surface area contributed by atoms with E-state index in [1.165, 1.54) is 19.3 Å². The van der Waals surface area contributed by atoms with Gasteiger partial charge in [0, 0.05) is 26.2 Å². The van der Waals surface area contributed by atoms with Crippen LogP contribution in [-0.2, 0) is 9.53 Å². The minimum Gasteiger partial charge on any atom is -0.371 e. The van der Waals surface area contributed by atoms with Gasteiger partial charge in [-0.05, 0) is 12.3 Å². The quantitative estimate of drug-likeness (QED) is 0.718. The molecule has 0 aromatic carbocycles. The van der Waals surface area contributed by atoms with Gasteiger partial charge in [0.2, 0.25) is 5.91 Å². The van der Waals surface area contributed by atoms with Gasteiger partial charge in [0.05, 0.1) is 6.61 Å². The maximum atomic E-state index is 11.9. The zero-order valence-corrected chi connectivity index (χ0v) is 11.9. The first-order valence-corrected chi connectivity index (χ1v) is 7.34.